The van der Waals surface area contributed by atoms with Crippen LogP contribution in [0.15, 0.2) is 42.5 Å². The molecule has 0 radical (unpaired) electrons. The van der Waals surface area contributed by atoms with Gasteiger partial charge in [-0.25, -0.2) is 4.39 Å². The second-order valence-electron chi connectivity index (χ2n) is 7.89. The van der Waals surface area contributed by atoms with Gasteiger partial charge in [-0.2, -0.15) is 0 Å². The largest absolute Gasteiger partial charge is 0.344 e. The summed E-state index contributed by atoms with van der Waals surface area (Å²) < 4.78 is 15.6. The number of aryl methyl sites for hydroxylation is 3. The molecule has 2 aromatic carbocycles. The van der Waals surface area contributed by atoms with Crippen LogP contribution < -0.4 is 5.32 Å². The monoisotopic (exact) mass is 336 g/mol. The van der Waals surface area contributed by atoms with Crippen LogP contribution in [0.2, 0.25) is 0 Å². The second kappa shape index (κ2) is 5.99. The van der Waals surface area contributed by atoms with E-state index in [2.05, 4.69) is 48.9 Å². The van der Waals surface area contributed by atoms with Crippen molar-refractivity contribution >= 4 is 10.9 Å². The van der Waals surface area contributed by atoms with E-state index in [1.807, 2.05) is 12.1 Å². The number of benzene rings is 2. The fraction of sp³-hybridized carbons (Fsp3) is 0.364. The van der Waals surface area contributed by atoms with Gasteiger partial charge in [-0.1, -0.05) is 23.8 Å². The highest BCUT2D eigenvalue weighted by atomic mass is 19.1. The number of halogens is 1. The first-order valence-electron chi connectivity index (χ1n) is 9.03. The smallest absolute Gasteiger partial charge is 0.123 e. The number of fused-ring (bicyclic) bond motifs is 3. The molecule has 0 saturated carbocycles. The fourth-order valence-corrected chi connectivity index (χ4v) is 3.95. The van der Waals surface area contributed by atoms with Gasteiger partial charge in [0.1, 0.15) is 5.82 Å². The molecule has 1 aliphatic heterocycles. The van der Waals surface area contributed by atoms with Crippen molar-refractivity contribution in [2.45, 2.75) is 52.2 Å². The lowest BCUT2D eigenvalue weighted by Gasteiger charge is -2.32. The van der Waals surface area contributed by atoms with Gasteiger partial charge in [0, 0.05) is 41.6 Å². The van der Waals surface area contributed by atoms with E-state index in [9.17, 15) is 4.39 Å². The summed E-state index contributed by atoms with van der Waals surface area (Å²) in [5.74, 6) is -0.171. The minimum Gasteiger partial charge on any atom is -0.344 e. The third kappa shape index (κ3) is 3.09. The first kappa shape index (κ1) is 16.3. The maximum absolute atomic E-state index is 13.1. The fourth-order valence-electron chi connectivity index (χ4n) is 3.95. The molecule has 2 nitrogen and oxygen atoms in total. The molecular formula is C22H25FN2. The SMILES string of the molecule is Cc1ccc2c(c1)c1c(n2CCc2ccc(F)cc2)CC(C)(C)NC1. The van der Waals surface area contributed by atoms with Crippen LogP contribution >= 0.6 is 0 Å². The molecule has 0 saturated heterocycles. The maximum atomic E-state index is 13.1. The van der Waals surface area contributed by atoms with Gasteiger partial charge in [0.15, 0.2) is 0 Å². The van der Waals surface area contributed by atoms with E-state index in [4.69, 9.17) is 0 Å². The molecule has 0 atom stereocenters. The van der Waals surface area contributed by atoms with E-state index in [-0.39, 0.29) is 11.4 Å². The van der Waals surface area contributed by atoms with Gasteiger partial charge in [0.05, 0.1) is 0 Å². The molecule has 0 aliphatic carbocycles. The molecule has 130 valence electrons. The van der Waals surface area contributed by atoms with Crippen molar-refractivity contribution in [1.82, 2.24) is 9.88 Å². The van der Waals surface area contributed by atoms with Crippen LogP contribution in [0.25, 0.3) is 10.9 Å². The molecular weight excluding hydrogens is 311 g/mol. The van der Waals surface area contributed by atoms with Crippen LogP contribution in [0.5, 0.6) is 0 Å². The maximum Gasteiger partial charge on any atom is 0.123 e. The van der Waals surface area contributed by atoms with E-state index in [0.29, 0.717) is 0 Å². The number of nitrogens with zero attached hydrogens (tertiary/aromatic N) is 1. The Balaban J connectivity index is 1.75. The van der Waals surface area contributed by atoms with Crippen molar-refractivity contribution in [2.75, 3.05) is 0 Å². The van der Waals surface area contributed by atoms with Crippen LogP contribution in [-0.4, -0.2) is 10.1 Å². The summed E-state index contributed by atoms with van der Waals surface area (Å²) in [4.78, 5) is 0. The minimum atomic E-state index is -0.171. The highest BCUT2D eigenvalue weighted by molar-refractivity contribution is 5.86. The van der Waals surface area contributed by atoms with E-state index in [0.717, 1.165) is 25.9 Å². The molecule has 1 aromatic heterocycles. The second-order valence-corrected chi connectivity index (χ2v) is 7.89. The van der Waals surface area contributed by atoms with Crippen molar-refractivity contribution in [2.24, 2.45) is 0 Å². The van der Waals surface area contributed by atoms with E-state index in [1.54, 1.807) is 12.1 Å². The quantitative estimate of drug-likeness (QED) is 0.730. The molecule has 1 N–H and O–H groups in total. The Hall–Kier alpha value is -2.13. The summed E-state index contributed by atoms with van der Waals surface area (Å²) in [5, 5.41) is 5.04. The highest BCUT2D eigenvalue weighted by Gasteiger charge is 2.29. The molecule has 0 bridgehead atoms. The molecule has 0 spiro atoms. The van der Waals surface area contributed by atoms with Crippen LogP contribution in [0.4, 0.5) is 4.39 Å². The van der Waals surface area contributed by atoms with Gasteiger partial charge in [0.2, 0.25) is 0 Å². The van der Waals surface area contributed by atoms with Gasteiger partial charge < -0.3 is 9.88 Å². The van der Waals surface area contributed by atoms with E-state index >= 15 is 0 Å². The van der Waals surface area contributed by atoms with Crippen molar-refractivity contribution < 1.29 is 4.39 Å². The van der Waals surface area contributed by atoms with Crippen molar-refractivity contribution in [3.05, 3.63) is 70.7 Å². The predicted molar refractivity (Wildman–Crippen MR) is 101 cm³/mol. The Morgan fingerprint density at radius 1 is 1.12 bits per heavy atom. The highest BCUT2D eigenvalue weighted by Crippen LogP contribution is 2.33. The number of hydrogen-bond donors (Lipinski definition) is 1. The van der Waals surface area contributed by atoms with Crippen molar-refractivity contribution in [1.29, 1.82) is 0 Å². The normalized spacial score (nSPS) is 16.2. The van der Waals surface area contributed by atoms with Crippen LogP contribution in [0.1, 0.15) is 36.2 Å². The summed E-state index contributed by atoms with van der Waals surface area (Å²) >= 11 is 0. The van der Waals surface area contributed by atoms with Gasteiger partial charge in [-0.3, -0.25) is 0 Å². The van der Waals surface area contributed by atoms with E-state index in [1.165, 1.54) is 33.3 Å². The zero-order valence-electron chi connectivity index (χ0n) is 15.2. The summed E-state index contributed by atoms with van der Waals surface area (Å²) in [7, 11) is 0. The molecule has 4 rings (SSSR count). The molecule has 0 amide bonds. The summed E-state index contributed by atoms with van der Waals surface area (Å²) in [6, 6.07) is 13.6. The van der Waals surface area contributed by atoms with Crippen molar-refractivity contribution in [3.8, 4) is 0 Å². The minimum absolute atomic E-state index is 0.115. The van der Waals surface area contributed by atoms with Crippen LogP contribution in [0.3, 0.4) is 0 Å². The lowest BCUT2D eigenvalue weighted by atomic mass is 9.91. The number of nitrogens with one attached hydrogen (secondary N) is 1. The topological polar surface area (TPSA) is 17.0 Å². The summed E-state index contributed by atoms with van der Waals surface area (Å²) in [5.41, 5.74) is 6.80. The average molecular weight is 336 g/mol. The zero-order chi connectivity index (χ0) is 17.6. The molecule has 3 aromatic rings. The van der Waals surface area contributed by atoms with Gasteiger partial charge in [-0.15, -0.1) is 0 Å². The molecule has 0 unspecified atom stereocenters. The van der Waals surface area contributed by atoms with Gasteiger partial charge in [0.25, 0.3) is 0 Å². The first-order valence-corrected chi connectivity index (χ1v) is 9.03. The molecule has 25 heavy (non-hydrogen) atoms. The Kier molecular flexibility index (Phi) is 3.92. The Bertz CT molecular complexity index is 919. The lowest BCUT2D eigenvalue weighted by molar-refractivity contribution is 0.353. The predicted octanol–water partition coefficient (Wildman–Crippen LogP) is 4.76. The molecule has 3 heteroatoms. The van der Waals surface area contributed by atoms with Crippen LogP contribution in [-0.2, 0) is 25.9 Å². The van der Waals surface area contributed by atoms with Crippen molar-refractivity contribution in [3.63, 3.8) is 0 Å². The van der Waals surface area contributed by atoms with Gasteiger partial charge >= 0.3 is 0 Å². The number of hydrogen-bond acceptors (Lipinski definition) is 1. The third-order valence-electron chi connectivity index (χ3n) is 5.33. The Morgan fingerprint density at radius 3 is 2.64 bits per heavy atom. The average Bonchev–Trinajstić information content (AvgIpc) is 2.85. The Morgan fingerprint density at radius 2 is 1.88 bits per heavy atom. The number of aromatic nitrogens is 1. The first-order chi connectivity index (χ1) is 11.9. The van der Waals surface area contributed by atoms with Gasteiger partial charge in [-0.05, 0) is 62.6 Å². The number of rotatable bonds is 3. The lowest BCUT2D eigenvalue weighted by Crippen LogP contribution is -2.44. The standard InChI is InChI=1S/C22H25FN2/c1-15-4-9-20-18(12-15)19-14-24-22(2,3)13-21(19)25(20)11-10-16-5-7-17(23)8-6-16/h4-9,12,24H,10-11,13-14H2,1-3H3. The third-order valence-corrected chi connectivity index (χ3v) is 5.33. The zero-order valence-corrected chi connectivity index (χ0v) is 15.2. The molecule has 2 heterocycles. The molecule has 1 aliphatic rings. The van der Waals surface area contributed by atoms with E-state index < -0.39 is 0 Å². The summed E-state index contributed by atoms with van der Waals surface area (Å²) in [6.45, 7) is 8.54. The van der Waals surface area contributed by atoms with Crippen LogP contribution in [0, 0.1) is 12.7 Å². The molecule has 0 fully saturated rings. The summed E-state index contributed by atoms with van der Waals surface area (Å²) in [6.07, 6.45) is 1.94. The Labute approximate surface area is 148 Å².